The summed E-state index contributed by atoms with van der Waals surface area (Å²) in [6.45, 7) is 1.77. The van der Waals surface area contributed by atoms with Crippen molar-refractivity contribution in [3.63, 3.8) is 0 Å². The molecule has 130 valence electrons. The van der Waals surface area contributed by atoms with E-state index in [9.17, 15) is 4.39 Å². The van der Waals surface area contributed by atoms with Gasteiger partial charge in [-0.2, -0.15) is 5.10 Å². The molecule has 1 atom stereocenters. The number of ether oxygens (including phenoxy) is 1. The summed E-state index contributed by atoms with van der Waals surface area (Å²) in [5, 5.41) is 7.73. The van der Waals surface area contributed by atoms with Gasteiger partial charge in [-0.3, -0.25) is 5.10 Å². The number of fused-ring (bicyclic) bond motifs is 2. The topological polar surface area (TPSA) is 41.1 Å². The zero-order chi connectivity index (χ0) is 17.5. The predicted molar refractivity (Wildman–Crippen MR) is 98.5 cm³/mol. The normalized spacial score (nSPS) is 17.9. The molecule has 0 spiro atoms. The molecule has 2 aliphatic rings. The highest BCUT2D eigenvalue weighted by Gasteiger charge is 2.26. The van der Waals surface area contributed by atoms with Crippen molar-refractivity contribution in [1.82, 2.24) is 10.2 Å². The summed E-state index contributed by atoms with van der Waals surface area (Å²) in [5.41, 5.74) is 4.94. The molecule has 1 N–H and O–H groups in total. The van der Waals surface area contributed by atoms with Crippen LogP contribution in [-0.2, 0) is 19.5 Å². The molecule has 2 heterocycles. The number of anilines is 1. The third kappa shape index (κ3) is 2.65. The number of halogens is 1. The molecule has 2 aromatic carbocycles. The smallest absolute Gasteiger partial charge is 0.158 e. The number of hydrogen-bond acceptors (Lipinski definition) is 3. The van der Waals surface area contributed by atoms with E-state index in [1.807, 2.05) is 6.08 Å². The van der Waals surface area contributed by atoms with Crippen LogP contribution in [-0.4, -0.2) is 16.3 Å². The van der Waals surface area contributed by atoms with Crippen molar-refractivity contribution in [1.29, 1.82) is 0 Å². The van der Waals surface area contributed by atoms with E-state index in [-0.39, 0.29) is 11.9 Å². The van der Waals surface area contributed by atoms with Gasteiger partial charge < -0.3 is 9.64 Å². The van der Waals surface area contributed by atoms with Crippen molar-refractivity contribution in [3.8, 4) is 5.75 Å². The maximum Gasteiger partial charge on any atom is 0.158 e. The van der Waals surface area contributed by atoms with Crippen LogP contribution >= 0.6 is 0 Å². The summed E-state index contributed by atoms with van der Waals surface area (Å²) in [5.74, 6) is 1.40. The zero-order valence-corrected chi connectivity index (χ0v) is 14.2. The van der Waals surface area contributed by atoms with Crippen LogP contribution in [0.25, 0.3) is 6.08 Å². The Morgan fingerprint density at radius 2 is 1.77 bits per heavy atom. The van der Waals surface area contributed by atoms with Crippen molar-refractivity contribution in [2.75, 3.05) is 4.90 Å². The van der Waals surface area contributed by atoms with Crippen molar-refractivity contribution >= 4 is 11.9 Å². The fourth-order valence-electron chi connectivity index (χ4n) is 3.67. The van der Waals surface area contributed by atoms with Gasteiger partial charge >= 0.3 is 0 Å². The third-order valence-corrected chi connectivity index (χ3v) is 4.99. The average molecular weight is 347 g/mol. The SMILES string of the molecule is Fc1ccc(OC2C=Cc3c(N4Cc5ccccc5C4)n[nH]c3C2)cc1. The van der Waals surface area contributed by atoms with Gasteiger partial charge in [0.15, 0.2) is 5.82 Å². The minimum Gasteiger partial charge on any atom is -0.486 e. The highest BCUT2D eigenvalue weighted by Crippen LogP contribution is 2.33. The number of nitrogens with zero attached hydrogens (tertiary/aromatic N) is 2. The van der Waals surface area contributed by atoms with Gasteiger partial charge in [0.1, 0.15) is 17.7 Å². The largest absolute Gasteiger partial charge is 0.486 e. The van der Waals surface area contributed by atoms with Gasteiger partial charge in [0.05, 0.1) is 0 Å². The van der Waals surface area contributed by atoms with Crippen LogP contribution in [0.2, 0.25) is 0 Å². The Labute approximate surface area is 150 Å². The minimum absolute atomic E-state index is 0.0861. The molecule has 4 nitrogen and oxygen atoms in total. The summed E-state index contributed by atoms with van der Waals surface area (Å²) in [6.07, 6.45) is 4.76. The first kappa shape index (κ1) is 15.2. The lowest BCUT2D eigenvalue weighted by Gasteiger charge is -2.20. The lowest BCUT2D eigenvalue weighted by molar-refractivity contribution is 0.247. The van der Waals surface area contributed by atoms with Gasteiger partial charge in [0, 0.05) is 30.8 Å². The van der Waals surface area contributed by atoms with Crippen molar-refractivity contribution < 1.29 is 9.13 Å². The van der Waals surface area contributed by atoms with E-state index >= 15 is 0 Å². The van der Waals surface area contributed by atoms with E-state index in [0.717, 1.165) is 36.6 Å². The van der Waals surface area contributed by atoms with Gasteiger partial charge in [-0.25, -0.2) is 4.39 Å². The molecule has 5 heteroatoms. The number of nitrogens with one attached hydrogen (secondary N) is 1. The van der Waals surface area contributed by atoms with Crippen LogP contribution in [0.1, 0.15) is 22.4 Å². The predicted octanol–water partition coefficient (Wildman–Crippen LogP) is 4.09. The molecule has 26 heavy (non-hydrogen) atoms. The molecule has 5 rings (SSSR count). The zero-order valence-electron chi connectivity index (χ0n) is 14.2. The molecular weight excluding hydrogens is 329 g/mol. The monoisotopic (exact) mass is 347 g/mol. The molecule has 0 saturated carbocycles. The Balaban J connectivity index is 1.34. The Bertz CT molecular complexity index is 952. The van der Waals surface area contributed by atoms with E-state index in [1.54, 1.807) is 12.1 Å². The van der Waals surface area contributed by atoms with Gasteiger partial charge in [-0.05, 0) is 47.5 Å². The number of rotatable bonds is 3. The molecule has 0 bridgehead atoms. The molecule has 0 amide bonds. The molecule has 1 unspecified atom stereocenters. The Morgan fingerprint density at radius 1 is 1.04 bits per heavy atom. The van der Waals surface area contributed by atoms with Gasteiger partial charge in [0.2, 0.25) is 0 Å². The van der Waals surface area contributed by atoms with Crippen molar-refractivity contribution in [3.05, 3.63) is 82.8 Å². The van der Waals surface area contributed by atoms with E-state index in [1.165, 1.54) is 23.3 Å². The lowest BCUT2D eigenvalue weighted by atomic mass is 10.0. The quantitative estimate of drug-likeness (QED) is 0.776. The van der Waals surface area contributed by atoms with Gasteiger partial charge in [-0.15, -0.1) is 0 Å². The second kappa shape index (κ2) is 6.02. The first-order valence-corrected chi connectivity index (χ1v) is 8.76. The van der Waals surface area contributed by atoms with Gasteiger partial charge in [-0.1, -0.05) is 24.3 Å². The maximum atomic E-state index is 13.0. The van der Waals surface area contributed by atoms with E-state index in [4.69, 9.17) is 4.74 Å². The maximum absolute atomic E-state index is 13.0. The molecule has 1 aliphatic carbocycles. The second-order valence-corrected chi connectivity index (χ2v) is 6.74. The third-order valence-electron chi connectivity index (χ3n) is 4.99. The van der Waals surface area contributed by atoms with Crippen LogP contribution < -0.4 is 9.64 Å². The van der Waals surface area contributed by atoms with Crippen molar-refractivity contribution in [2.45, 2.75) is 25.6 Å². The van der Waals surface area contributed by atoms with Crippen LogP contribution in [0.3, 0.4) is 0 Å². The molecule has 0 fully saturated rings. The van der Waals surface area contributed by atoms with Crippen LogP contribution in [0.4, 0.5) is 10.2 Å². The standard InChI is InChI=1S/C21H18FN3O/c22-16-5-7-17(8-6-16)26-18-9-10-19-20(11-18)23-24-21(19)25-12-14-3-1-2-4-15(14)13-25/h1-10,18H,11-13H2,(H,23,24). The molecule has 1 aromatic heterocycles. The van der Waals surface area contributed by atoms with E-state index < -0.39 is 0 Å². The second-order valence-electron chi connectivity index (χ2n) is 6.74. The Kier molecular flexibility index (Phi) is 3.52. The summed E-state index contributed by atoms with van der Waals surface area (Å²) < 4.78 is 19.0. The summed E-state index contributed by atoms with van der Waals surface area (Å²) in [4.78, 5) is 2.30. The molecule has 0 saturated heterocycles. The summed E-state index contributed by atoms with van der Waals surface area (Å²) >= 11 is 0. The highest BCUT2D eigenvalue weighted by atomic mass is 19.1. The van der Waals surface area contributed by atoms with E-state index in [0.29, 0.717) is 5.75 Å². The first-order chi connectivity index (χ1) is 12.8. The lowest BCUT2D eigenvalue weighted by Crippen LogP contribution is -2.21. The summed E-state index contributed by atoms with van der Waals surface area (Å²) in [7, 11) is 0. The number of benzene rings is 2. The number of aromatic nitrogens is 2. The Morgan fingerprint density at radius 3 is 2.50 bits per heavy atom. The number of hydrogen-bond donors (Lipinski definition) is 1. The fraction of sp³-hybridized carbons (Fsp3) is 0.190. The van der Waals surface area contributed by atoms with Crippen LogP contribution in [0.15, 0.2) is 54.6 Å². The van der Waals surface area contributed by atoms with Gasteiger partial charge in [0.25, 0.3) is 0 Å². The first-order valence-electron chi connectivity index (χ1n) is 8.76. The van der Waals surface area contributed by atoms with Crippen LogP contribution in [0.5, 0.6) is 5.75 Å². The highest BCUT2D eigenvalue weighted by molar-refractivity contribution is 5.69. The Hall–Kier alpha value is -3.08. The molecule has 3 aromatic rings. The number of H-pyrrole nitrogens is 1. The van der Waals surface area contributed by atoms with Crippen LogP contribution in [0, 0.1) is 5.82 Å². The average Bonchev–Trinajstić information content (AvgIpc) is 3.26. The molecular formula is C21H18FN3O. The number of aromatic amines is 1. The van der Waals surface area contributed by atoms with Crippen molar-refractivity contribution in [2.24, 2.45) is 0 Å². The fourth-order valence-corrected chi connectivity index (χ4v) is 3.67. The van der Waals surface area contributed by atoms with E-state index in [2.05, 4.69) is 45.4 Å². The molecule has 0 radical (unpaired) electrons. The minimum atomic E-state index is -0.261. The summed E-state index contributed by atoms with van der Waals surface area (Å²) in [6, 6.07) is 14.6. The molecule has 1 aliphatic heterocycles.